The van der Waals surface area contributed by atoms with Crippen LogP contribution in [0, 0.1) is 0 Å². The number of benzene rings is 1. The maximum atomic E-state index is 11.0. The van der Waals surface area contributed by atoms with Crippen LogP contribution < -0.4 is 10.5 Å². The number of nitrogens with two attached hydrogens (primary N) is 1. The number of hydrogen-bond acceptors (Lipinski definition) is 4. The minimum atomic E-state index is -0.415. The van der Waals surface area contributed by atoms with E-state index in [2.05, 4.69) is 0 Å². The van der Waals surface area contributed by atoms with Crippen LogP contribution >= 0.6 is 11.6 Å². The van der Waals surface area contributed by atoms with E-state index in [-0.39, 0.29) is 6.61 Å². The third-order valence-corrected chi connectivity index (χ3v) is 2.18. The zero-order valence-corrected chi connectivity index (χ0v) is 9.79. The molecular weight excluding hydrogens is 230 g/mol. The van der Waals surface area contributed by atoms with Gasteiger partial charge in [0.15, 0.2) is 6.61 Å². The number of carbonyl (C=O) groups excluding carboxylic acids is 1. The molecule has 0 saturated heterocycles. The smallest absolute Gasteiger partial charge is 0.344 e. The maximum Gasteiger partial charge on any atom is 0.344 e. The molecule has 0 aliphatic carbocycles. The Morgan fingerprint density at radius 2 is 2.25 bits per heavy atom. The fourth-order valence-electron chi connectivity index (χ4n) is 1.13. The summed E-state index contributed by atoms with van der Waals surface area (Å²) < 4.78 is 9.92. The molecule has 4 nitrogen and oxygen atoms in total. The average molecular weight is 244 g/mol. The Hall–Kier alpha value is -1.26. The molecule has 0 bridgehead atoms. The predicted octanol–water partition coefficient (Wildman–Crippen LogP) is 1.74. The number of esters is 1. The Morgan fingerprint density at radius 3 is 2.81 bits per heavy atom. The van der Waals surface area contributed by atoms with Crippen molar-refractivity contribution < 1.29 is 14.3 Å². The first-order valence-electron chi connectivity index (χ1n) is 4.94. The van der Waals surface area contributed by atoms with Crippen LogP contribution in [-0.4, -0.2) is 19.2 Å². The number of ether oxygens (including phenoxy) is 2. The second-order valence-electron chi connectivity index (χ2n) is 3.06. The third kappa shape index (κ3) is 3.72. The summed E-state index contributed by atoms with van der Waals surface area (Å²) in [4.78, 5) is 11.0. The van der Waals surface area contributed by atoms with Gasteiger partial charge in [0, 0.05) is 6.54 Å². The van der Waals surface area contributed by atoms with Crippen molar-refractivity contribution in [2.45, 2.75) is 13.5 Å². The summed E-state index contributed by atoms with van der Waals surface area (Å²) >= 11 is 5.94. The summed E-state index contributed by atoms with van der Waals surface area (Å²) in [6.45, 7) is 2.34. The Kier molecular flexibility index (Phi) is 5.08. The summed E-state index contributed by atoms with van der Waals surface area (Å²) in [7, 11) is 0. The van der Waals surface area contributed by atoms with Crippen molar-refractivity contribution in [3.8, 4) is 5.75 Å². The van der Waals surface area contributed by atoms with Gasteiger partial charge in [-0.1, -0.05) is 17.7 Å². The van der Waals surface area contributed by atoms with Crippen LogP contribution in [0.4, 0.5) is 0 Å². The molecule has 5 heteroatoms. The molecule has 88 valence electrons. The molecule has 16 heavy (non-hydrogen) atoms. The molecule has 0 aliphatic heterocycles. The van der Waals surface area contributed by atoms with E-state index in [0.717, 1.165) is 5.56 Å². The lowest BCUT2D eigenvalue weighted by atomic mass is 10.2. The first kappa shape index (κ1) is 12.8. The average Bonchev–Trinajstić information content (AvgIpc) is 2.27. The fourth-order valence-corrected chi connectivity index (χ4v) is 1.39. The van der Waals surface area contributed by atoms with Gasteiger partial charge < -0.3 is 15.2 Å². The zero-order chi connectivity index (χ0) is 12.0. The standard InChI is InChI=1S/C11H14ClNO3/c1-2-15-11(14)7-16-10-4-3-8(6-13)5-9(10)12/h3-5H,2,6-7,13H2,1H3. The topological polar surface area (TPSA) is 61.5 Å². The molecule has 0 aliphatic rings. The van der Waals surface area contributed by atoms with Crippen LogP contribution in [0.1, 0.15) is 12.5 Å². The molecule has 0 atom stereocenters. The molecule has 0 radical (unpaired) electrons. The van der Waals surface area contributed by atoms with Crippen LogP contribution in [0.5, 0.6) is 5.75 Å². The molecule has 0 amide bonds. The van der Waals surface area contributed by atoms with Gasteiger partial charge in [-0.3, -0.25) is 0 Å². The molecule has 0 aromatic heterocycles. The van der Waals surface area contributed by atoms with E-state index in [1.165, 1.54) is 0 Å². The van der Waals surface area contributed by atoms with E-state index in [9.17, 15) is 4.79 Å². The van der Waals surface area contributed by atoms with Crippen molar-refractivity contribution in [3.05, 3.63) is 28.8 Å². The van der Waals surface area contributed by atoms with Crippen LogP contribution in [0.3, 0.4) is 0 Å². The van der Waals surface area contributed by atoms with Gasteiger partial charge in [-0.05, 0) is 24.6 Å². The number of rotatable bonds is 5. The third-order valence-electron chi connectivity index (χ3n) is 1.88. The van der Waals surface area contributed by atoms with E-state index < -0.39 is 5.97 Å². The van der Waals surface area contributed by atoms with E-state index >= 15 is 0 Å². The minimum Gasteiger partial charge on any atom is -0.480 e. The van der Waals surface area contributed by atoms with Gasteiger partial charge in [0.05, 0.1) is 11.6 Å². The van der Waals surface area contributed by atoms with E-state index in [4.69, 9.17) is 26.8 Å². The first-order chi connectivity index (χ1) is 7.67. The molecule has 0 fully saturated rings. The van der Waals surface area contributed by atoms with Gasteiger partial charge in [0.2, 0.25) is 0 Å². The van der Waals surface area contributed by atoms with Crippen molar-refractivity contribution >= 4 is 17.6 Å². The van der Waals surface area contributed by atoms with Crippen molar-refractivity contribution in [1.82, 2.24) is 0 Å². The summed E-state index contributed by atoms with van der Waals surface area (Å²) in [5, 5.41) is 0.437. The van der Waals surface area contributed by atoms with E-state index in [1.807, 2.05) is 0 Å². The predicted molar refractivity (Wildman–Crippen MR) is 61.5 cm³/mol. The lowest BCUT2D eigenvalue weighted by molar-refractivity contribution is -0.145. The van der Waals surface area contributed by atoms with E-state index in [0.29, 0.717) is 23.9 Å². The van der Waals surface area contributed by atoms with Crippen molar-refractivity contribution in [3.63, 3.8) is 0 Å². The fraction of sp³-hybridized carbons (Fsp3) is 0.364. The van der Waals surface area contributed by atoms with Gasteiger partial charge in [0.25, 0.3) is 0 Å². The number of hydrogen-bond donors (Lipinski definition) is 1. The Balaban J connectivity index is 2.57. The summed E-state index contributed by atoms with van der Waals surface area (Å²) in [6, 6.07) is 5.19. The highest BCUT2D eigenvalue weighted by molar-refractivity contribution is 6.32. The maximum absolute atomic E-state index is 11.0. The summed E-state index contributed by atoms with van der Waals surface area (Å²) in [5.74, 6) is 0.0355. The number of carbonyl (C=O) groups is 1. The molecule has 0 unspecified atom stereocenters. The molecule has 1 aromatic rings. The molecule has 1 rings (SSSR count). The SMILES string of the molecule is CCOC(=O)COc1ccc(CN)cc1Cl. The monoisotopic (exact) mass is 243 g/mol. The summed E-state index contributed by atoms with van der Waals surface area (Å²) in [6.07, 6.45) is 0. The van der Waals surface area contributed by atoms with Crippen molar-refractivity contribution in [1.29, 1.82) is 0 Å². The second-order valence-corrected chi connectivity index (χ2v) is 3.47. The molecule has 0 saturated carbocycles. The van der Waals surface area contributed by atoms with Gasteiger partial charge in [-0.15, -0.1) is 0 Å². The Morgan fingerprint density at radius 1 is 1.50 bits per heavy atom. The molecule has 0 heterocycles. The highest BCUT2D eigenvalue weighted by atomic mass is 35.5. The second kappa shape index (κ2) is 6.35. The van der Waals surface area contributed by atoms with Crippen LogP contribution in [0.25, 0.3) is 0 Å². The van der Waals surface area contributed by atoms with Gasteiger partial charge in [0.1, 0.15) is 5.75 Å². The van der Waals surface area contributed by atoms with Crippen molar-refractivity contribution in [2.24, 2.45) is 5.73 Å². The van der Waals surface area contributed by atoms with Crippen LogP contribution in [0.2, 0.25) is 5.02 Å². The van der Waals surface area contributed by atoms with Gasteiger partial charge in [-0.25, -0.2) is 4.79 Å². The highest BCUT2D eigenvalue weighted by Gasteiger charge is 2.06. The van der Waals surface area contributed by atoms with Gasteiger partial charge >= 0.3 is 5.97 Å². The molecule has 0 spiro atoms. The van der Waals surface area contributed by atoms with Crippen molar-refractivity contribution in [2.75, 3.05) is 13.2 Å². The Bertz CT molecular complexity index is 368. The first-order valence-corrected chi connectivity index (χ1v) is 5.32. The Labute approximate surface area is 99.3 Å². The number of halogens is 1. The molecular formula is C11H14ClNO3. The normalized spacial score (nSPS) is 9.94. The van der Waals surface area contributed by atoms with Crippen LogP contribution in [0.15, 0.2) is 18.2 Å². The largest absolute Gasteiger partial charge is 0.480 e. The van der Waals surface area contributed by atoms with Crippen LogP contribution in [-0.2, 0) is 16.1 Å². The van der Waals surface area contributed by atoms with E-state index in [1.54, 1.807) is 25.1 Å². The van der Waals surface area contributed by atoms with Gasteiger partial charge in [-0.2, -0.15) is 0 Å². The quantitative estimate of drug-likeness (QED) is 0.801. The zero-order valence-electron chi connectivity index (χ0n) is 9.03. The lowest BCUT2D eigenvalue weighted by Gasteiger charge is -2.08. The summed E-state index contributed by atoms with van der Waals surface area (Å²) in [5.41, 5.74) is 6.37. The lowest BCUT2D eigenvalue weighted by Crippen LogP contribution is -2.14. The molecule has 1 aromatic carbocycles. The highest BCUT2D eigenvalue weighted by Crippen LogP contribution is 2.25. The molecule has 2 N–H and O–H groups in total. The minimum absolute atomic E-state index is 0.143.